The highest BCUT2D eigenvalue weighted by Gasteiger charge is 2.12. The smallest absolute Gasteiger partial charge is 0.219 e. The summed E-state index contributed by atoms with van der Waals surface area (Å²) in [4.78, 5) is 4.18. The molecule has 0 aliphatic heterocycles. The van der Waals surface area contributed by atoms with E-state index in [1.807, 2.05) is 12.1 Å². The Morgan fingerprint density at radius 1 is 1.05 bits per heavy atom. The summed E-state index contributed by atoms with van der Waals surface area (Å²) in [7, 11) is 3.15. The van der Waals surface area contributed by atoms with E-state index in [2.05, 4.69) is 4.98 Å². The van der Waals surface area contributed by atoms with Crippen molar-refractivity contribution in [3.63, 3.8) is 0 Å². The van der Waals surface area contributed by atoms with Gasteiger partial charge < -0.3 is 19.9 Å². The van der Waals surface area contributed by atoms with Gasteiger partial charge in [0.25, 0.3) is 0 Å². The molecule has 0 bridgehead atoms. The third-order valence-electron chi connectivity index (χ3n) is 2.62. The van der Waals surface area contributed by atoms with Crippen LogP contribution in [0.5, 0.6) is 23.1 Å². The van der Waals surface area contributed by atoms with Gasteiger partial charge in [-0.15, -0.1) is 0 Å². The van der Waals surface area contributed by atoms with Crippen molar-refractivity contribution in [1.82, 2.24) is 4.98 Å². The van der Waals surface area contributed by atoms with Gasteiger partial charge in [-0.3, -0.25) is 0 Å². The van der Waals surface area contributed by atoms with E-state index in [-0.39, 0.29) is 0 Å². The van der Waals surface area contributed by atoms with Crippen LogP contribution in [0.3, 0.4) is 0 Å². The predicted molar refractivity (Wildman–Crippen MR) is 71.7 cm³/mol. The van der Waals surface area contributed by atoms with Crippen LogP contribution < -0.4 is 19.9 Å². The molecule has 1 heterocycles. The predicted octanol–water partition coefficient (Wildman–Crippen LogP) is 2.35. The van der Waals surface area contributed by atoms with Crippen molar-refractivity contribution < 1.29 is 14.2 Å². The maximum atomic E-state index is 5.72. The number of rotatable bonds is 5. The Morgan fingerprint density at radius 2 is 1.74 bits per heavy atom. The molecule has 0 spiro atoms. The maximum absolute atomic E-state index is 5.72. The Morgan fingerprint density at radius 3 is 2.21 bits per heavy atom. The highest BCUT2D eigenvalue weighted by Crippen LogP contribution is 2.39. The van der Waals surface area contributed by atoms with Crippen LogP contribution in [-0.2, 0) is 6.54 Å². The average molecular weight is 260 g/mol. The monoisotopic (exact) mass is 260 g/mol. The van der Waals surface area contributed by atoms with E-state index in [1.54, 1.807) is 38.6 Å². The molecule has 0 amide bonds. The summed E-state index contributed by atoms with van der Waals surface area (Å²) in [6.07, 6.45) is 1.68. The summed E-state index contributed by atoms with van der Waals surface area (Å²) in [6.45, 7) is 0.450. The molecule has 2 aromatic rings. The molecule has 100 valence electrons. The van der Waals surface area contributed by atoms with E-state index in [4.69, 9.17) is 19.9 Å². The van der Waals surface area contributed by atoms with Crippen molar-refractivity contribution in [2.24, 2.45) is 5.73 Å². The van der Waals surface area contributed by atoms with Crippen LogP contribution in [0.25, 0.3) is 0 Å². The van der Waals surface area contributed by atoms with Crippen molar-refractivity contribution in [3.8, 4) is 23.1 Å². The fourth-order valence-electron chi connectivity index (χ4n) is 1.61. The molecule has 5 nitrogen and oxygen atoms in total. The highest BCUT2D eigenvalue weighted by atomic mass is 16.5. The number of ether oxygens (including phenoxy) is 3. The molecule has 1 aromatic heterocycles. The number of nitrogens with two attached hydrogens (primary N) is 1. The molecule has 0 unspecified atom stereocenters. The molecule has 0 fully saturated rings. The lowest BCUT2D eigenvalue weighted by atomic mass is 10.3. The first-order valence-electron chi connectivity index (χ1n) is 5.82. The van der Waals surface area contributed by atoms with Crippen LogP contribution in [0.2, 0.25) is 0 Å². The van der Waals surface area contributed by atoms with Crippen LogP contribution >= 0.6 is 0 Å². The molecular weight excluding hydrogens is 244 g/mol. The van der Waals surface area contributed by atoms with Crippen molar-refractivity contribution >= 4 is 0 Å². The Labute approximate surface area is 111 Å². The summed E-state index contributed by atoms with van der Waals surface area (Å²) in [6, 6.07) is 9.05. The van der Waals surface area contributed by atoms with Gasteiger partial charge in [-0.1, -0.05) is 12.1 Å². The number of para-hydroxylation sites is 1. The van der Waals surface area contributed by atoms with Crippen molar-refractivity contribution in [3.05, 3.63) is 42.1 Å². The molecule has 5 heteroatoms. The van der Waals surface area contributed by atoms with Gasteiger partial charge in [-0.2, -0.15) is 0 Å². The van der Waals surface area contributed by atoms with Gasteiger partial charge in [-0.25, -0.2) is 4.98 Å². The van der Waals surface area contributed by atoms with Gasteiger partial charge in [0, 0.05) is 18.8 Å². The second kappa shape index (κ2) is 6.06. The lowest BCUT2D eigenvalue weighted by Crippen LogP contribution is -1.98. The Kier molecular flexibility index (Phi) is 4.20. The first-order valence-corrected chi connectivity index (χ1v) is 5.82. The largest absolute Gasteiger partial charge is 0.493 e. The molecule has 0 saturated carbocycles. The second-order valence-electron chi connectivity index (χ2n) is 3.80. The van der Waals surface area contributed by atoms with E-state index in [0.717, 1.165) is 5.56 Å². The fourth-order valence-corrected chi connectivity index (χ4v) is 1.61. The lowest BCUT2D eigenvalue weighted by molar-refractivity contribution is 0.342. The molecule has 0 aliphatic rings. The number of methoxy groups -OCH3 is 2. The maximum Gasteiger partial charge on any atom is 0.219 e. The zero-order valence-corrected chi connectivity index (χ0v) is 10.9. The summed E-state index contributed by atoms with van der Waals surface area (Å²) in [5.41, 5.74) is 6.47. The van der Waals surface area contributed by atoms with Crippen LogP contribution in [0.1, 0.15) is 5.56 Å². The van der Waals surface area contributed by atoms with Crippen LogP contribution in [0.15, 0.2) is 36.5 Å². The zero-order valence-electron chi connectivity index (χ0n) is 10.9. The first kappa shape index (κ1) is 13.2. The number of hydrogen-bond acceptors (Lipinski definition) is 5. The van der Waals surface area contributed by atoms with Gasteiger partial charge in [0.1, 0.15) is 0 Å². The lowest BCUT2D eigenvalue weighted by Gasteiger charge is -2.13. The van der Waals surface area contributed by atoms with Gasteiger partial charge in [0.2, 0.25) is 11.6 Å². The van der Waals surface area contributed by atoms with Gasteiger partial charge >= 0.3 is 0 Å². The molecule has 0 saturated heterocycles. The number of pyridine rings is 1. The van der Waals surface area contributed by atoms with E-state index in [9.17, 15) is 0 Å². The van der Waals surface area contributed by atoms with Crippen LogP contribution in [-0.4, -0.2) is 19.2 Å². The summed E-state index contributed by atoms with van der Waals surface area (Å²) in [5.74, 6) is 2.13. The van der Waals surface area contributed by atoms with E-state index in [0.29, 0.717) is 29.7 Å². The Hall–Kier alpha value is -2.27. The van der Waals surface area contributed by atoms with E-state index >= 15 is 0 Å². The third kappa shape index (κ3) is 2.95. The van der Waals surface area contributed by atoms with E-state index in [1.165, 1.54) is 0 Å². The van der Waals surface area contributed by atoms with Crippen molar-refractivity contribution in [2.75, 3.05) is 14.2 Å². The molecule has 2 N–H and O–H groups in total. The molecule has 2 rings (SSSR count). The van der Waals surface area contributed by atoms with Crippen LogP contribution in [0, 0.1) is 0 Å². The molecule has 1 aromatic carbocycles. The topological polar surface area (TPSA) is 66.6 Å². The standard InChI is InChI=1S/C14H16N2O3/c1-17-11-4-3-5-12(18-2)14(11)19-13-7-6-10(8-15)9-16-13/h3-7,9H,8,15H2,1-2H3. The van der Waals surface area contributed by atoms with Gasteiger partial charge in [0.05, 0.1) is 14.2 Å². The quantitative estimate of drug-likeness (QED) is 0.893. The second-order valence-corrected chi connectivity index (χ2v) is 3.80. The SMILES string of the molecule is COc1cccc(OC)c1Oc1ccc(CN)cn1. The zero-order chi connectivity index (χ0) is 13.7. The number of benzene rings is 1. The van der Waals surface area contributed by atoms with Crippen molar-refractivity contribution in [2.45, 2.75) is 6.54 Å². The molecule has 19 heavy (non-hydrogen) atoms. The van der Waals surface area contributed by atoms with Crippen LogP contribution in [0.4, 0.5) is 0 Å². The summed E-state index contributed by atoms with van der Waals surface area (Å²) in [5, 5.41) is 0. The van der Waals surface area contributed by atoms with Gasteiger partial charge in [0.15, 0.2) is 11.5 Å². The molecule has 0 atom stereocenters. The number of hydrogen-bond donors (Lipinski definition) is 1. The fraction of sp³-hybridized carbons (Fsp3) is 0.214. The van der Waals surface area contributed by atoms with Crippen molar-refractivity contribution in [1.29, 1.82) is 0 Å². The summed E-state index contributed by atoms with van der Waals surface area (Å²) < 4.78 is 16.2. The Bertz CT molecular complexity index is 519. The minimum absolute atomic E-state index is 0.450. The highest BCUT2D eigenvalue weighted by molar-refractivity contribution is 5.52. The molecule has 0 aliphatic carbocycles. The summed E-state index contributed by atoms with van der Waals surface area (Å²) >= 11 is 0. The molecular formula is C14H16N2O3. The van der Waals surface area contributed by atoms with E-state index < -0.39 is 0 Å². The Balaban J connectivity index is 2.30. The molecule has 0 radical (unpaired) electrons. The minimum Gasteiger partial charge on any atom is -0.493 e. The normalized spacial score (nSPS) is 10.1. The average Bonchev–Trinajstić information content (AvgIpc) is 2.48. The van der Waals surface area contributed by atoms with Gasteiger partial charge in [-0.05, 0) is 17.7 Å². The first-order chi connectivity index (χ1) is 9.28. The third-order valence-corrected chi connectivity index (χ3v) is 2.62. The minimum atomic E-state index is 0.450. The number of aromatic nitrogens is 1. The number of nitrogens with zero attached hydrogens (tertiary/aromatic N) is 1.